The lowest BCUT2D eigenvalue weighted by Gasteiger charge is -1.94. The Morgan fingerprint density at radius 2 is 1.58 bits per heavy atom. The van der Waals surface area contributed by atoms with Gasteiger partial charge < -0.3 is 4.98 Å². The highest BCUT2D eigenvalue weighted by atomic mass is 16.1. The van der Waals surface area contributed by atoms with Crippen LogP contribution in [0.4, 0.5) is 0 Å². The number of rotatable bonds is 0. The van der Waals surface area contributed by atoms with Gasteiger partial charge in [-0.3, -0.25) is 4.57 Å². The second kappa shape index (κ2) is 6.60. The molecule has 1 fully saturated rings. The quantitative estimate of drug-likeness (QED) is 0.711. The van der Waals surface area contributed by atoms with Crippen molar-refractivity contribution in [1.29, 1.82) is 0 Å². The molecule has 0 aliphatic heterocycles. The summed E-state index contributed by atoms with van der Waals surface area (Å²) in [6, 6.07) is 5.90. The van der Waals surface area contributed by atoms with Crippen molar-refractivity contribution in [3.05, 3.63) is 34.2 Å². The zero-order valence-corrected chi connectivity index (χ0v) is 12.0. The Kier molecular flexibility index (Phi) is 4.83. The summed E-state index contributed by atoms with van der Waals surface area (Å²) in [5.41, 5.74) is 2.96. The molecule has 0 atom stereocenters. The van der Waals surface area contributed by atoms with Crippen molar-refractivity contribution in [1.82, 2.24) is 9.55 Å². The van der Waals surface area contributed by atoms with Crippen molar-refractivity contribution >= 4 is 11.0 Å². The van der Waals surface area contributed by atoms with Crippen molar-refractivity contribution in [3.63, 3.8) is 0 Å². The summed E-state index contributed by atoms with van der Waals surface area (Å²) in [5.74, 6) is 0. The van der Waals surface area contributed by atoms with Crippen LogP contribution in [0.1, 0.15) is 51.9 Å². The summed E-state index contributed by atoms with van der Waals surface area (Å²) in [6.45, 7) is 2.01. The highest BCUT2D eigenvalue weighted by Crippen LogP contribution is 2.15. The van der Waals surface area contributed by atoms with Crippen LogP contribution in [-0.2, 0) is 7.05 Å². The lowest BCUT2D eigenvalue weighted by atomic mass is 10.2. The molecule has 3 heteroatoms. The van der Waals surface area contributed by atoms with Gasteiger partial charge in [0.25, 0.3) is 0 Å². The maximum absolute atomic E-state index is 11.2. The summed E-state index contributed by atoms with van der Waals surface area (Å²) < 4.78 is 1.61. The Morgan fingerprint density at radius 1 is 1.05 bits per heavy atom. The first kappa shape index (κ1) is 13.9. The number of benzene rings is 1. The SMILES string of the molecule is C1CCCCCC1.Cc1ccc2[nH]c(=O)n(C)c2c1.[HH]. The molecule has 0 spiro atoms. The molecule has 1 aliphatic carbocycles. The summed E-state index contributed by atoms with van der Waals surface area (Å²) >= 11 is 0. The van der Waals surface area contributed by atoms with Gasteiger partial charge in [-0.25, -0.2) is 4.79 Å². The average Bonchev–Trinajstić information content (AvgIpc) is 2.67. The van der Waals surface area contributed by atoms with E-state index in [1.165, 1.54) is 44.9 Å². The van der Waals surface area contributed by atoms with Gasteiger partial charge in [0.1, 0.15) is 0 Å². The number of aromatic amines is 1. The van der Waals surface area contributed by atoms with E-state index in [0.717, 1.165) is 16.6 Å². The van der Waals surface area contributed by atoms with E-state index in [1.807, 2.05) is 25.1 Å². The van der Waals surface area contributed by atoms with Gasteiger partial charge >= 0.3 is 5.69 Å². The molecule has 1 heterocycles. The molecule has 1 N–H and O–H groups in total. The maximum atomic E-state index is 11.2. The molecule has 106 valence electrons. The van der Waals surface area contributed by atoms with Gasteiger partial charge in [0.05, 0.1) is 11.0 Å². The average molecular weight is 262 g/mol. The highest BCUT2D eigenvalue weighted by molar-refractivity contribution is 5.75. The molecular weight excluding hydrogens is 236 g/mol. The lowest BCUT2D eigenvalue weighted by molar-refractivity contribution is 0.702. The molecule has 1 saturated carbocycles. The highest BCUT2D eigenvalue weighted by Gasteiger charge is 2.01. The number of hydrogen-bond donors (Lipinski definition) is 1. The number of imidazole rings is 1. The van der Waals surface area contributed by atoms with E-state index in [2.05, 4.69) is 4.98 Å². The Morgan fingerprint density at radius 3 is 2.11 bits per heavy atom. The third kappa shape index (κ3) is 3.72. The Bertz CT molecular complexity index is 566. The Labute approximate surface area is 116 Å². The van der Waals surface area contributed by atoms with E-state index in [4.69, 9.17) is 0 Å². The van der Waals surface area contributed by atoms with Crippen LogP contribution >= 0.6 is 0 Å². The number of aromatic nitrogens is 2. The second-order valence-electron chi connectivity index (χ2n) is 5.48. The molecule has 0 saturated heterocycles. The Hall–Kier alpha value is -1.51. The van der Waals surface area contributed by atoms with Crippen LogP contribution in [0.2, 0.25) is 0 Å². The summed E-state index contributed by atoms with van der Waals surface area (Å²) in [5, 5.41) is 0. The standard InChI is InChI=1S/C9H10N2O.C7H14.H2/c1-6-3-4-7-8(5-6)11(2)9(12)10-7;1-2-4-6-7-5-3-1;/h3-5H,1-2H3,(H,10,12);1-7H2;1H. The largest absolute Gasteiger partial charge is 0.326 e. The molecule has 19 heavy (non-hydrogen) atoms. The van der Waals surface area contributed by atoms with Gasteiger partial charge in [-0.1, -0.05) is 51.0 Å². The smallest absolute Gasteiger partial charge is 0.306 e. The van der Waals surface area contributed by atoms with Gasteiger partial charge in [0.2, 0.25) is 0 Å². The van der Waals surface area contributed by atoms with Crippen molar-refractivity contribution in [2.24, 2.45) is 7.05 Å². The van der Waals surface area contributed by atoms with Crippen LogP contribution in [0.5, 0.6) is 0 Å². The third-order valence-electron chi connectivity index (χ3n) is 3.81. The Balaban J connectivity index is 0.000000216. The van der Waals surface area contributed by atoms with Crippen LogP contribution in [0, 0.1) is 6.92 Å². The van der Waals surface area contributed by atoms with Crippen LogP contribution in [0.15, 0.2) is 23.0 Å². The fourth-order valence-corrected chi connectivity index (χ4v) is 2.57. The molecule has 1 aliphatic rings. The zero-order chi connectivity index (χ0) is 13.7. The van der Waals surface area contributed by atoms with Gasteiger partial charge in [-0.2, -0.15) is 0 Å². The molecule has 3 nitrogen and oxygen atoms in total. The fraction of sp³-hybridized carbons (Fsp3) is 0.562. The van der Waals surface area contributed by atoms with E-state index in [-0.39, 0.29) is 7.12 Å². The first-order chi connectivity index (χ1) is 9.18. The summed E-state index contributed by atoms with van der Waals surface area (Å²) in [6.07, 6.45) is 10.5. The van der Waals surface area contributed by atoms with Gasteiger partial charge in [-0.05, 0) is 24.6 Å². The first-order valence-corrected chi connectivity index (χ1v) is 7.34. The van der Waals surface area contributed by atoms with Gasteiger partial charge in [-0.15, -0.1) is 0 Å². The number of aryl methyl sites for hydroxylation is 2. The van der Waals surface area contributed by atoms with Gasteiger partial charge in [0, 0.05) is 8.47 Å². The van der Waals surface area contributed by atoms with E-state index < -0.39 is 0 Å². The first-order valence-electron chi connectivity index (χ1n) is 7.34. The number of H-pyrrole nitrogens is 1. The molecule has 0 unspecified atom stereocenters. The van der Waals surface area contributed by atoms with E-state index in [0.29, 0.717) is 0 Å². The van der Waals surface area contributed by atoms with Crippen LogP contribution in [-0.4, -0.2) is 9.55 Å². The van der Waals surface area contributed by atoms with Crippen molar-refractivity contribution < 1.29 is 1.43 Å². The summed E-state index contributed by atoms with van der Waals surface area (Å²) in [4.78, 5) is 13.9. The maximum Gasteiger partial charge on any atom is 0.326 e. The molecule has 0 radical (unpaired) electrons. The third-order valence-corrected chi connectivity index (χ3v) is 3.81. The molecule has 3 rings (SSSR count). The molecule has 2 aromatic rings. The number of fused-ring (bicyclic) bond motifs is 1. The topological polar surface area (TPSA) is 37.8 Å². The fourth-order valence-electron chi connectivity index (χ4n) is 2.57. The lowest BCUT2D eigenvalue weighted by Crippen LogP contribution is -2.11. The number of hydrogen-bond acceptors (Lipinski definition) is 1. The minimum Gasteiger partial charge on any atom is -0.306 e. The van der Waals surface area contributed by atoms with Gasteiger partial charge in [0.15, 0.2) is 0 Å². The zero-order valence-electron chi connectivity index (χ0n) is 12.0. The molecule has 0 amide bonds. The molecule has 0 bridgehead atoms. The number of nitrogens with one attached hydrogen (secondary N) is 1. The molecule has 1 aromatic carbocycles. The monoisotopic (exact) mass is 262 g/mol. The second-order valence-corrected chi connectivity index (χ2v) is 5.48. The van der Waals surface area contributed by atoms with E-state index in [9.17, 15) is 4.79 Å². The van der Waals surface area contributed by atoms with Crippen molar-refractivity contribution in [2.45, 2.75) is 51.9 Å². The van der Waals surface area contributed by atoms with E-state index >= 15 is 0 Å². The minimum atomic E-state index is -0.0596. The molecular formula is C16H26N2O. The predicted molar refractivity (Wildman–Crippen MR) is 82.7 cm³/mol. The van der Waals surface area contributed by atoms with Crippen LogP contribution in [0.25, 0.3) is 11.0 Å². The van der Waals surface area contributed by atoms with Crippen molar-refractivity contribution in [2.75, 3.05) is 0 Å². The van der Waals surface area contributed by atoms with Crippen molar-refractivity contribution in [3.8, 4) is 0 Å². The van der Waals surface area contributed by atoms with E-state index in [1.54, 1.807) is 11.6 Å². The van der Waals surface area contributed by atoms with Crippen LogP contribution in [0.3, 0.4) is 0 Å². The minimum absolute atomic E-state index is 0. The predicted octanol–water partition coefficient (Wildman–Crippen LogP) is 4.15. The van der Waals surface area contributed by atoms with Crippen LogP contribution < -0.4 is 5.69 Å². The normalized spacial score (nSPS) is 15.7. The molecule has 1 aromatic heterocycles. The summed E-state index contributed by atoms with van der Waals surface area (Å²) in [7, 11) is 1.76. The number of nitrogens with zero attached hydrogens (tertiary/aromatic N) is 1.